The number of carbonyl (C=O) groups is 2. The molecule has 0 saturated carbocycles. The number of piperidine rings is 1. The van der Waals surface area contributed by atoms with Gasteiger partial charge in [-0.05, 0) is 54.5 Å². The second kappa shape index (κ2) is 9.99. The number of nitrogens with one attached hydrogen (secondary N) is 1. The first-order valence-corrected chi connectivity index (χ1v) is 11.5. The molecule has 170 valence electrons. The van der Waals surface area contributed by atoms with Crippen LogP contribution in [0, 0.1) is 12.3 Å². The van der Waals surface area contributed by atoms with Crippen LogP contribution in [0.3, 0.4) is 0 Å². The molecule has 1 aliphatic rings. The van der Waals surface area contributed by atoms with Gasteiger partial charge in [-0.25, -0.2) is 0 Å². The van der Waals surface area contributed by atoms with E-state index in [2.05, 4.69) is 65.8 Å². The summed E-state index contributed by atoms with van der Waals surface area (Å²) in [6.45, 7) is 3.20. The van der Waals surface area contributed by atoms with Crippen LogP contribution in [0.4, 0.5) is 0 Å². The van der Waals surface area contributed by atoms with Crippen molar-refractivity contribution in [1.29, 1.82) is 0 Å². The van der Waals surface area contributed by atoms with Crippen molar-refractivity contribution in [1.82, 2.24) is 15.2 Å². The van der Waals surface area contributed by atoms with Crippen LogP contribution >= 0.6 is 0 Å². The summed E-state index contributed by atoms with van der Waals surface area (Å²) in [5.41, 5.74) is 4.90. The molecule has 5 heteroatoms. The van der Waals surface area contributed by atoms with Crippen LogP contribution in [0.25, 0.3) is 11.1 Å². The standard InChI is InChI=1S/C28H31N3O2/c1-21-7-3-10-24(15-21)25-11-4-8-22(16-25)18-28(27(33)29-2)12-6-14-31(20-28)26(32)17-23-9-5-13-30-19-23/h3-5,7-11,13,15-16,19H,6,12,14,17-18,20H2,1-2H3,(H,29,33). The predicted molar refractivity (Wildman–Crippen MR) is 131 cm³/mol. The van der Waals surface area contributed by atoms with Gasteiger partial charge in [0.25, 0.3) is 0 Å². The fourth-order valence-corrected chi connectivity index (χ4v) is 4.89. The zero-order chi connectivity index (χ0) is 23.3. The van der Waals surface area contributed by atoms with Gasteiger partial charge in [-0.15, -0.1) is 0 Å². The molecule has 1 saturated heterocycles. The number of pyridine rings is 1. The Morgan fingerprint density at radius 3 is 2.52 bits per heavy atom. The molecule has 5 nitrogen and oxygen atoms in total. The van der Waals surface area contributed by atoms with Crippen LogP contribution in [-0.4, -0.2) is 41.8 Å². The van der Waals surface area contributed by atoms with Crippen molar-refractivity contribution in [2.45, 2.75) is 32.6 Å². The minimum atomic E-state index is -0.636. The Bertz CT molecular complexity index is 1130. The van der Waals surface area contributed by atoms with Gasteiger partial charge in [0, 0.05) is 32.5 Å². The van der Waals surface area contributed by atoms with E-state index in [0.29, 0.717) is 25.9 Å². The Hall–Kier alpha value is -3.47. The molecule has 1 atom stereocenters. The minimum Gasteiger partial charge on any atom is -0.359 e. The van der Waals surface area contributed by atoms with Crippen molar-refractivity contribution in [2.75, 3.05) is 20.1 Å². The molecule has 4 rings (SSSR count). The first-order valence-electron chi connectivity index (χ1n) is 11.5. The molecular formula is C28H31N3O2. The van der Waals surface area contributed by atoms with E-state index < -0.39 is 5.41 Å². The maximum atomic E-state index is 13.2. The zero-order valence-electron chi connectivity index (χ0n) is 19.4. The van der Waals surface area contributed by atoms with Gasteiger partial charge in [0.15, 0.2) is 0 Å². The molecule has 1 aliphatic heterocycles. The molecule has 2 aromatic carbocycles. The molecule has 0 spiro atoms. The van der Waals surface area contributed by atoms with Crippen LogP contribution in [-0.2, 0) is 22.4 Å². The summed E-state index contributed by atoms with van der Waals surface area (Å²) in [5, 5.41) is 2.87. The SMILES string of the molecule is CNC(=O)C1(Cc2cccc(-c3cccc(C)c3)c2)CCCN(C(=O)Cc2cccnc2)C1. The molecular weight excluding hydrogens is 410 g/mol. The van der Waals surface area contributed by atoms with E-state index >= 15 is 0 Å². The van der Waals surface area contributed by atoms with Gasteiger partial charge in [-0.3, -0.25) is 14.6 Å². The number of carbonyl (C=O) groups excluding carboxylic acids is 2. The van der Waals surface area contributed by atoms with Crippen molar-refractivity contribution in [3.63, 3.8) is 0 Å². The minimum absolute atomic E-state index is 0.00216. The fraction of sp³-hybridized carbons (Fsp3) is 0.321. The summed E-state index contributed by atoms with van der Waals surface area (Å²) < 4.78 is 0. The highest BCUT2D eigenvalue weighted by Crippen LogP contribution is 2.35. The van der Waals surface area contributed by atoms with E-state index in [1.165, 1.54) is 11.1 Å². The molecule has 33 heavy (non-hydrogen) atoms. The Balaban J connectivity index is 1.57. The zero-order valence-corrected chi connectivity index (χ0v) is 19.4. The second-order valence-electron chi connectivity index (χ2n) is 9.06. The van der Waals surface area contributed by atoms with Crippen LogP contribution in [0.15, 0.2) is 73.1 Å². The van der Waals surface area contributed by atoms with Gasteiger partial charge in [-0.2, -0.15) is 0 Å². The summed E-state index contributed by atoms with van der Waals surface area (Å²) in [4.78, 5) is 32.2. The molecule has 2 amide bonds. The number of amides is 2. The quantitative estimate of drug-likeness (QED) is 0.624. The molecule has 0 bridgehead atoms. The van der Waals surface area contributed by atoms with E-state index in [9.17, 15) is 9.59 Å². The van der Waals surface area contributed by atoms with Crippen LogP contribution in [0.5, 0.6) is 0 Å². The number of hydrogen-bond donors (Lipinski definition) is 1. The molecule has 2 heterocycles. The topological polar surface area (TPSA) is 62.3 Å². The third kappa shape index (κ3) is 5.30. The average Bonchev–Trinajstić information content (AvgIpc) is 2.84. The summed E-state index contributed by atoms with van der Waals surface area (Å²) in [6.07, 6.45) is 5.91. The van der Waals surface area contributed by atoms with Gasteiger partial charge in [-0.1, -0.05) is 60.2 Å². The molecule has 1 aromatic heterocycles. The van der Waals surface area contributed by atoms with Crippen LogP contribution < -0.4 is 5.32 Å². The van der Waals surface area contributed by atoms with Crippen LogP contribution in [0.1, 0.15) is 29.5 Å². The number of benzene rings is 2. The van der Waals surface area contributed by atoms with Crippen molar-refractivity contribution >= 4 is 11.8 Å². The lowest BCUT2D eigenvalue weighted by Crippen LogP contribution is -2.54. The summed E-state index contributed by atoms with van der Waals surface area (Å²) >= 11 is 0. The van der Waals surface area contributed by atoms with E-state index in [4.69, 9.17) is 0 Å². The van der Waals surface area contributed by atoms with E-state index in [0.717, 1.165) is 29.5 Å². The van der Waals surface area contributed by atoms with E-state index in [1.54, 1.807) is 19.4 Å². The van der Waals surface area contributed by atoms with Crippen LogP contribution in [0.2, 0.25) is 0 Å². The second-order valence-corrected chi connectivity index (χ2v) is 9.06. The van der Waals surface area contributed by atoms with E-state index in [1.807, 2.05) is 17.0 Å². The fourth-order valence-electron chi connectivity index (χ4n) is 4.89. The highest BCUT2D eigenvalue weighted by molar-refractivity contribution is 5.85. The Morgan fingerprint density at radius 2 is 1.79 bits per heavy atom. The van der Waals surface area contributed by atoms with Gasteiger partial charge in [0.1, 0.15) is 0 Å². The number of rotatable bonds is 6. The highest BCUT2D eigenvalue weighted by atomic mass is 16.2. The maximum Gasteiger partial charge on any atom is 0.228 e. The lowest BCUT2D eigenvalue weighted by molar-refractivity contribution is -0.141. The Labute approximate surface area is 195 Å². The molecule has 3 aromatic rings. The first kappa shape index (κ1) is 22.7. The first-order chi connectivity index (χ1) is 16.0. The van der Waals surface area contributed by atoms with Gasteiger partial charge in [0.05, 0.1) is 11.8 Å². The largest absolute Gasteiger partial charge is 0.359 e. The molecule has 0 aliphatic carbocycles. The number of likely N-dealkylation sites (tertiary alicyclic amines) is 1. The summed E-state index contributed by atoms with van der Waals surface area (Å²) in [6, 6.07) is 20.6. The number of hydrogen-bond acceptors (Lipinski definition) is 3. The lowest BCUT2D eigenvalue weighted by Gasteiger charge is -2.41. The van der Waals surface area contributed by atoms with Gasteiger partial charge in [0.2, 0.25) is 11.8 Å². The van der Waals surface area contributed by atoms with Crippen molar-refractivity contribution in [3.05, 3.63) is 89.7 Å². The Kier molecular flexibility index (Phi) is 6.87. The normalized spacial score (nSPS) is 18.1. The third-order valence-corrected chi connectivity index (χ3v) is 6.54. The predicted octanol–water partition coefficient (Wildman–Crippen LogP) is 4.20. The van der Waals surface area contributed by atoms with E-state index in [-0.39, 0.29) is 11.8 Å². The monoisotopic (exact) mass is 441 g/mol. The number of nitrogens with zero attached hydrogens (tertiary/aromatic N) is 2. The van der Waals surface area contributed by atoms with Crippen molar-refractivity contribution in [2.24, 2.45) is 5.41 Å². The number of aryl methyl sites for hydroxylation is 1. The van der Waals surface area contributed by atoms with Gasteiger partial charge >= 0.3 is 0 Å². The average molecular weight is 442 g/mol. The van der Waals surface area contributed by atoms with Crippen molar-refractivity contribution < 1.29 is 9.59 Å². The summed E-state index contributed by atoms with van der Waals surface area (Å²) in [5.74, 6) is 0.0480. The molecule has 1 unspecified atom stereocenters. The molecule has 1 N–H and O–H groups in total. The number of aromatic nitrogens is 1. The molecule has 1 fully saturated rings. The molecule has 0 radical (unpaired) electrons. The summed E-state index contributed by atoms with van der Waals surface area (Å²) in [7, 11) is 1.68. The Morgan fingerprint density at radius 1 is 1.03 bits per heavy atom. The maximum absolute atomic E-state index is 13.2. The lowest BCUT2D eigenvalue weighted by atomic mass is 9.74. The third-order valence-electron chi connectivity index (χ3n) is 6.54. The van der Waals surface area contributed by atoms with Crippen molar-refractivity contribution in [3.8, 4) is 11.1 Å². The van der Waals surface area contributed by atoms with Gasteiger partial charge < -0.3 is 10.2 Å². The highest BCUT2D eigenvalue weighted by Gasteiger charge is 2.43. The smallest absolute Gasteiger partial charge is 0.228 e.